The number of carboxylic acids is 2. The number of hydrogen-bond acceptors (Lipinski definition) is 15. The molecule has 0 aromatic carbocycles. The molecule has 2 radical (unpaired) electrons. The van der Waals surface area contributed by atoms with Crippen LogP contribution in [0.15, 0.2) is 97.6 Å². The molecule has 0 atom stereocenters. The van der Waals surface area contributed by atoms with Crippen molar-refractivity contribution in [3.05, 3.63) is 97.6 Å². The molecule has 0 bridgehead atoms. The monoisotopic (exact) mass is 1530 g/mol. The van der Waals surface area contributed by atoms with Crippen molar-refractivity contribution in [3.63, 3.8) is 0 Å². The molecule has 0 aliphatic carbocycles. The van der Waals surface area contributed by atoms with E-state index in [1.807, 2.05) is 72.8 Å². The first-order valence-corrected chi connectivity index (χ1v) is 8.65. The Morgan fingerprint density at radius 3 is 0.476 bits per heavy atom. The first kappa shape index (κ1) is 251. The fraction of sp³-hybridized carbons (Fsp3) is 0. The maximum atomic E-state index is 8.93. The van der Waals surface area contributed by atoms with Crippen LogP contribution >= 0.6 is 0 Å². The van der Waals surface area contributed by atoms with E-state index in [1.165, 1.54) is 0 Å². The SMILES string of the molecule is O=C([O-])C(=O)[O-].[Al+3].[Cu+2].[Cu+2].[Mo].[Mo].[Mo].[Mo].[Mo].[Mo].[O-2].[O-2].[O-2].[O-2].[O-2].[O-2].[O-2].[O-2].[O-2].[O-2].[O-2].[O-2].[O-2].[O-2].[O-2].[O-2].[O-2].[OH-].[OH-].[OH-].[OH-].[OH-].[OH-].[OH-].c1ccc(-c2ccccn2)nc1.c1ccc(-c2ccccn2)nc1. The fourth-order valence-corrected chi connectivity index (χ4v) is 2.06. The van der Waals surface area contributed by atoms with E-state index in [0.717, 1.165) is 22.8 Å². The molecule has 32 nitrogen and oxygen atoms in total. The zero-order valence-corrected chi connectivity index (χ0v) is 44.4. The van der Waals surface area contributed by atoms with Gasteiger partial charge in [-0.2, -0.15) is 0 Å². The topological polar surface area (TPSA) is 826 Å². The quantitative estimate of drug-likeness (QED) is 0.144. The van der Waals surface area contributed by atoms with Crippen molar-refractivity contribution in [1.29, 1.82) is 0 Å². The van der Waals surface area contributed by atoms with E-state index in [-0.39, 0.29) is 309 Å². The van der Waals surface area contributed by atoms with Crippen LogP contribution in [0.5, 0.6) is 0 Å². The van der Waals surface area contributed by atoms with Crippen molar-refractivity contribution in [2.75, 3.05) is 0 Å². The molecule has 4 aromatic heterocycles. The van der Waals surface area contributed by atoms with Gasteiger partial charge in [-0.3, -0.25) is 19.9 Å². The second-order valence-electron chi connectivity index (χ2n) is 5.43. The Kier molecular flexibility index (Phi) is 636. The van der Waals surface area contributed by atoms with E-state index >= 15 is 0 Å². The Morgan fingerprint density at radius 2 is 0.413 bits per heavy atom. The number of carbonyl (C=O) groups is 2. The normalized spacial score (nSPS) is 4.38. The van der Waals surface area contributed by atoms with Crippen LogP contribution in [0.4, 0.5) is 0 Å². The maximum absolute atomic E-state index is 8.93. The predicted molar refractivity (Wildman–Crippen MR) is 136 cm³/mol. The van der Waals surface area contributed by atoms with E-state index in [2.05, 4.69) is 19.9 Å². The first-order chi connectivity index (χ1) is 14.6. The van der Waals surface area contributed by atoms with E-state index in [0.29, 0.717) is 0 Å². The van der Waals surface area contributed by atoms with Crippen LogP contribution in [-0.2, 0) is 263 Å². The van der Waals surface area contributed by atoms with Crippen LogP contribution in [0, 0.1) is 0 Å². The van der Waals surface area contributed by atoms with E-state index in [9.17, 15) is 0 Å². The summed E-state index contributed by atoms with van der Waals surface area (Å²) in [5.74, 6) is -4.37. The van der Waals surface area contributed by atoms with Gasteiger partial charge in [0.25, 0.3) is 0 Å². The molecule has 0 saturated carbocycles. The van der Waals surface area contributed by atoms with Crippen molar-refractivity contribution in [2.24, 2.45) is 0 Å². The summed E-state index contributed by atoms with van der Waals surface area (Å²) in [5, 5.41) is 17.9. The summed E-state index contributed by atoms with van der Waals surface area (Å²) in [6.45, 7) is 0. The number of pyridine rings is 4. The van der Waals surface area contributed by atoms with Crippen molar-refractivity contribution >= 4 is 29.3 Å². The van der Waals surface area contributed by atoms with Crippen molar-refractivity contribution < 1.29 is 312 Å². The number of rotatable bonds is 2. The third-order valence-electron chi connectivity index (χ3n) is 3.35. The van der Waals surface area contributed by atoms with E-state index < -0.39 is 11.9 Å². The summed E-state index contributed by atoms with van der Waals surface area (Å²) in [4.78, 5) is 34.6. The minimum atomic E-state index is -2.19. The first-order valence-electron chi connectivity index (χ1n) is 8.65. The Morgan fingerprint density at radius 1 is 0.302 bits per heavy atom. The van der Waals surface area contributed by atoms with Crippen LogP contribution < -0.4 is 10.2 Å². The molecule has 4 heterocycles. The van der Waals surface area contributed by atoms with Crippen molar-refractivity contribution in [2.45, 2.75) is 0 Å². The Hall–Kier alpha value is 0.281. The molecule has 0 saturated heterocycles. The minimum absolute atomic E-state index is 0. The summed E-state index contributed by atoms with van der Waals surface area (Å²) in [5.41, 5.74) is 3.66. The van der Waals surface area contributed by atoms with Crippen molar-refractivity contribution in [1.82, 2.24) is 19.9 Å². The Bertz CT molecular complexity index is 955. The van der Waals surface area contributed by atoms with Gasteiger partial charge in [0.15, 0.2) is 0 Å². The maximum Gasteiger partial charge on any atom is 3.00 e. The molecule has 63 heavy (non-hydrogen) atoms. The third-order valence-corrected chi connectivity index (χ3v) is 3.35. The van der Waals surface area contributed by atoms with Crippen LogP contribution in [-0.4, -0.2) is 87.6 Å². The van der Waals surface area contributed by atoms with Gasteiger partial charge >= 0.3 is 51.5 Å². The molecule has 7 N–H and O–H groups in total. The number of carboxylic acid groups (broad SMARTS) is 2. The van der Waals surface area contributed by atoms with Crippen molar-refractivity contribution in [3.8, 4) is 22.8 Å². The molecule has 0 unspecified atom stereocenters. The number of aliphatic carboxylic acids is 2. The second-order valence-corrected chi connectivity index (χ2v) is 5.43. The van der Waals surface area contributed by atoms with Gasteiger partial charge in [0, 0.05) is 151 Å². The predicted octanol–water partition coefficient (Wildman–Crippen LogP) is -2.88. The fourth-order valence-electron chi connectivity index (χ4n) is 2.06. The summed E-state index contributed by atoms with van der Waals surface area (Å²) in [7, 11) is 0. The molecule has 0 fully saturated rings. The standard InChI is InChI=1S/2C10H8N2.C2H2O4.Al.2Cu.6Mo.7H2O.17O/c2*1-3-7-11-9(5-1)10-6-2-4-8-12-10;3-1(4)2(5)6;;;;;;;;;;;;;;;;;;;;;;;;;;;;;;;;;/h2*1-8H;(H,3,4)(H,5,6);;;;;;;;;;7*1H2;;;;;;;;;;;;;;;;;/q;;;+3;2*+2;;;;;;;;;;;;;;17*-2/p-9. The summed E-state index contributed by atoms with van der Waals surface area (Å²) in [6.07, 6.45) is 7.07. The van der Waals surface area contributed by atoms with Gasteiger partial charge in [0.2, 0.25) is 0 Å². The number of carbonyl (C=O) groups excluding carboxylic acids is 2. The average molecular weight is 1520 g/mol. The van der Waals surface area contributed by atoms with E-state index in [4.69, 9.17) is 19.8 Å². The van der Waals surface area contributed by atoms with Gasteiger partial charge in [0.05, 0.1) is 34.7 Å². The number of hydrogen-bond donors (Lipinski definition) is 0. The Balaban J connectivity index is -0.00000000617. The molecule has 4 aromatic rings. The Labute approximate surface area is 476 Å². The molecule has 0 spiro atoms. The van der Waals surface area contributed by atoms with Crippen LogP contribution in [0.25, 0.3) is 22.8 Å². The van der Waals surface area contributed by atoms with Crippen LogP contribution in [0.3, 0.4) is 0 Å². The van der Waals surface area contributed by atoms with E-state index in [1.54, 1.807) is 24.8 Å². The molecule has 4 rings (SSSR count). The van der Waals surface area contributed by atoms with Gasteiger partial charge in [-0.25, -0.2) is 0 Å². The van der Waals surface area contributed by atoms with Gasteiger partial charge < -0.3 is 151 Å². The molecule has 396 valence electrons. The van der Waals surface area contributed by atoms with Crippen LogP contribution in [0.1, 0.15) is 0 Å². The minimum Gasteiger partial charge on any atom is -2.00 e. The molecule has 0 amide bonds. The zero-order valence-electron chi connectivity index (χ0n) is 29.4. The molecule has 0 aliphatic rings. The van der Waals surface area contributed by atoms with Gasteiger partial charge in [0.1, 0.15) is 0 Å². The molecule has 41 heteroatoms. The summed E-state index contributed by atoms with van der Waals surface area (Å²) >= 11 is 0. The van der Waals surface area contributed by atoms with Crippen LogP contribution in [0.2, 0.25) is 0 Å². The third kappa shape index (κ3) is 115. The smallest absolute Gasteiger partial charge is 2.00 e. The second kappa shape index (κ2) is 160. The molecular weight excluding hydrogens is 1500 g/mol. The average Bonchev–Trinajstić information content (AvgIpc) is 2.82. The van der Waals surface area contributed by atoms with Gasteiger partial charge in [-0.1, -0.05) is 24.3 Å². The van der Waals surface area contributed by atoms with Gasteiger partial charge in [-0.05, 0) is 48.5 Å². The van der Waals surface area contributed by atoms with Gasteiger partial charge in [-0.15, -0.1) is 0 Å². The largest absolute Gasteiger partial charge is 3.00 e. The number of aromatic nitrogens is 4. The zero-order chi connectivity index (χ0) is 21.6. The molecule has 0 aliphatic heterocycles. The molecular formula is C22H23AlCu2Mo6N4O28-36. The number of nitrogens with zero attached hydrogens (tertiary/aromatic N) is 4. The summed E-state index contributed by atoms with van der Waals surface area (Å²) < 4.78 is 0. The summed E-state index contributed by atoms with van der Waals surface area (Å²) in [6, 6.07) is 23.2.